The largest absolute Gasteiger partial charge is 0.508 e. The number of allylic oxidation sites excluding steroid dienone is 1. The monoisotopic (exact) mass is 549 g/mol. The molecule has 0 unspecified atom stereocenters. The Balaban J connectivity index is 1.28. The molecule has 2 fully saturated rings. The van der Waals surface area contributed by atoms with Crippen molar-refractivity contribution in [2.45, 2.75) is 38.7 Å². The zero-order valence-corrected chi connectivity index (χ0v) is 23.2. The van der Waals surface area contributed by atoms with E-state index in [2.05, 4.69) is 13.0 Å². The fourth-order valence-corrected chi connectivity index (χ4v) is 6.64. The molecule has 6 heteroatoms. The van der Waals surface area contributed by atoms with E-state index in [1.54, 1.807) is 12.1 Å². The number of nitrogens with zero attached hydrogens (tertiary/aromatic N) is 1. The number of carbonyl (C=O) groups is 2. The first kappa shape index (κ1) is 27.0. The summed E-state index contributed by atoms with van der Waals surface area (Å²) in [5, 5.41) is 9.88. The minimum Gasteiger partial charge on any atom is -0.508 e. The van der Waals surface area contributed by atoms with E-state index in [4.69, 9.17) is 9.47 Å². The lowest BCUT2D eigenvalue weighted by Crippen LogP contribution is -2.35. The Labute approximate surface area is 240 Å². The fourth-order valence-electron chi connectivity index (χ4n) is 6.64. The van der Waals surface area contributed by atoms with Gasteiger partial charge in [-0.15, -0.1) is 0 Å². The lowest BCUT2D eigenvalue weighted by atomic mass is 9.69. The Morgan fingerprint density at radius 1 is 0.976 bits per heavy atom. The first-order valence-electron chi connectivity index (χ1n) is 14.5. The van der Waals surface area contributed by atoms with Crippen molar-refractivity contribution >= 4 is 23.6 Å². The van der Waals surface area contributed by atoms with Crippen LogP contribution in [0.15, 0.2) is 102 Å². The maximum Gasteiger partial charge on any atom is 0.238 e. The number of aromatic hydroxyl groups is 1. The van der Waals surface area contributed by atoms with E-state index in [9.17, 15) is 14.7 Å². The van der Waals surface area contributed by atoms with Crippen LogP contribution in [0, 0.1) is 17.8 Å². The topological polar surface area (TPSA) is 76.1 Å². The van der Waals surface area contributed by atoms with Gasteiger partial charge in [0.2, 0.25) is 11.8 Å². The highest BCUT2D eigenvalue weighted by atomic mass is 16.5. The number of phenolic OH excluding ortho intramolecular Hbond substituents is 1. The molecule has 0 saturated carbocycles. The smallest absolute Gasteiger partial charge is 0.238 e. The number of hydrogen-bond donors (Lipinski definition) is 1. The van der Waals surface area contributed by atoms with Crippen LogP contribution in [0.5, 0.6) is 11.5 Å². The van der Waals surface area contributed by atoms with Gasteiger partial charge in [-0.25, -0.2) is 0 Å². The summed E-state index contributed by atoms with van der Waals surface area (Å²) in [6.07, 6.45) is 4.99. The molecule has 2 heterocycles. The molecule has 3 aliphatic rings. The summed E-state index contributed by atoms with van der Waals surface area (Å²) in [5.74, 6) is -0.203. The molecule has 1 N–H and O–H groups in total. The summed E-state index contributed by atoms with van der Waals surface area (Å²) >= 11 is 0. The number of anilines is 1. The molecule has 2 saturated heterocycles. The molecule has 41 heavy (non-hydrogen) atoms. The van der Waals surface area contributed by atoms with Crippen molar-refractivity contribution in [3.8, 4) is 11.5 Å². The first-order valence-corrected chi connectivity index (χ1v) is 14.5. The molecule has 0 bridgehead atoms. The van der Waals surface area contributed by atoms with Crippen LogP contribution in [-0.4, -0.2) is 36.2 Å². The lowest BCUT2D eigenvalue weighted by Gasteiger charge is -2.31. The highest BCUT2D eigenvalue weighted by Gasteiger charge is 2.57. The molecule has 0 spiro atoms. The second-order valence-corrected chi connectivity index (χ2v) is 11.1. The number of imide groups is 1. The van der Waals surface area contributed by atoms with Gasteiger partial charge in [0.1, 0.15) is 18.1 Å². The maximum atomic E-state index is 13.8. The number of carbonyl (C=O) groups excluding carboxylic acids is 2. The van der Waals surface area contributed by atoms with Gasteiger partial charge in [-0.3, -0.25) is 14.5 Å². The van der Waals surface area contributed by atoms with Gasteiger partial charge in [0.25, 0.3) is 0 Å². The molecular formula is C35H35NO5. The van der Waals surface area contributed by atoms with Gasteiger partial charge in [0.15, 0.2) is 0 Å². The number of amides is 2. The summed E-state index contributed by atoms with van der Waals surface area (Å²) in [6, 6.07) is 26.2. The van der Waals surface area contributed by atoms with Crippen LogP contribution in [0.4, 0.5) is 5.69 Å². The number of ether oxygens (including phenoxy) is 2. The number of hydrogen-bond acceptors (Lipinski definition) is 5. The van der Waals surface area contributed by atoms with Gasteiger partial charge < -0.3 is 14.6 Å². The normalized spacial score (nSPS) is 24.0. The summed E-state index contributed by atoms with van der Waals surface area (Å²) in [6.45, 7) is 2.93. The van der Waals surface area contributed by atoms with E-state index in [-0.39, 0.29) is 29.6 Å². The molecule has 1 aliphatic carbocycles. The number of benzene rings is 3. The number of para-hydroxylation sites is 2. The molecule has 3 aromatic carbocycles. The third kappa shape index (κ3) is 5.44. The lowest BCUT2D eigenvalue weighted by molar-refractivity contribution is -0.122. The number of phenols is 1. The molecule has 4 atom stereocenters. The van der Waals surface area contributed by atoms with Crippen molar-refractivity contribution in [3.63, 3.8) is 0 Å². The van der Waals surface area contributed by atoms with Crippen molar-refractivity contribution in [2.75, 3.05) is 18.1 Å². The first-order chi connectivity index (χ1) is 20.0. The van der Waals surface area contributed by atoms with Gasteiger partial charge >= 0.3 is 0 Å². The van der Waals surface area contributed by atoms with Crippen molar-refractivity contribution in [1.82, 2.24) is 0 Å². The Bertz CT molecular complexity index is 1480. The van der Waals surface area contributed by atoms with Crippen molar-refractivity contribution in [2.24, 2.45) is 17.8 Å². The van der Waals surface area contributed by atoms with Gasteiger partial charge in [0, 0.05) is 5.92 Å². The van der Waals surface area contributed by atoms with E-state index < -0.39 is 11.8 Å². The molecule has 2 amide bonds. The third-order valence-corrected chi connectivity index (χ3v) is 8.60. The number of fused-ring (bicyclic) bond motifs is 3. The highest BCUT2D eigenvalue weighted by Crippen LogP contribution is 2.50. The SMILES string of the molecule is CC/C(=C\c1cccc(O)c1)CC[C@H]1OC[C@H]2C1=C(COc1ccccc1)C[C@H]1C(=O)N(c3ccccc3)C(=O)[C@H]12. The van der Waals surface area contributed by atoms with Crippen LogP contribution in [0.1, 0.15) is 38.2 Å². The van der Waals surface area contributed by atoms with E-state index in [1.165, 1.54) is 10.5 Å². The molecule has 6 nitrogen and oxygen atoms in total. The number of rotatable bonds is 9. The molecule has 0 radical (unpaired) electrons. The zero-order valence-electron chi connectivity index (χ0n) is 23.2. The van der Waals surface area contributed by atoms with Crippen LogP contribution in [-0.2, 0) is 14.3 Å². The van der Waals surface area contributed by atoms with Gasteiger partial charge in [-0.2, -0.15) is 0 Å². The Morgan fingerprint density at radius 2 is 1.73 bits per heavy atom. The second-order valence-electron chi connectivity index (χ2n) is 11.1. The molecule has 210 valence electrons. The summed E-state index contributed by atoms with van der Waals surface area (Å²) in [5.41, 5.74) is 5.08. The molecule has 2 aliphatic heterocycles. The van der Waals surface area contributed by atoms with Crippen LogP contribution in [0.3, 0.4) is 0 Å². The minimum atomic E-state index is -0.420. The quantitative estimate of drug-likeness (QED) is 0.242. The zero-order chi connectivity index (χ0) is 28.3. The fraction of sp³-hybridized carbons (Fsp3) is 0.314. The van der Waals surface area contributed by atoms with Crippen molar-refractivity contribution in [3.05, 3.63) is 107 Å². The van der Waals surface area contributed by atoms with Crippen LogP contribution < -0.4 is 9.64 Å². The van der Waals surface area contributed by atoms with Crippen LogP contribution in [0.25, 0.3) is 6.08 Å². The van der Waals surface area contributed by atoms with Crippen molar-refractivity contribution < 1.29 is 24.2 Å². The summed E-state index contributed by atoms with van der Waals surface area (Å²) in [4.78, 5) is 28.8. The van der Waals surface area contributed by atoms with E-state index in [0.29, 0.717) is 25.3 Å². The second kappa shape index (κ2) is 11.8. The minimum absolute atomic E-state index is 0.126. The van der Waals surface area contributed by atoms with E-state index >= 15 is 0 Å². The molecular weight excluding hydrogens is 514 g/mol. The van der Waals surface area contributed by atoms with Gasteiger partial charge in [-0.1, -0.05) is 67.1 Å². The Hall–Kier alpha value is -4.16. The Morgan fingerprint density at radius 3 is 2.46 bits per heavy atom. The van der Waals surface area contributed by atoms with Crippen molar-refractivity contribution in [1.29, 1.82) is 0 Å². The Kier molecular flexibility index (Phi) is 7.75. The van der Waals surface area contributed by atoms with Crippen LogP contribution >= 0.6 is 0 Å². The average molecular weight is 550 g/mol. The molecule has 0 aromatic heterocycles. The van der Waals surface area contributed by atoms with E-state index in [1.807, 2.05) is 72.8 Å². The standard InChI is InChI=1S/C35H35NO5/c1-2-23(18-24-10-9-13-27(37)19-24)16-17-31-32-25(21-40-28-14-7-4-8-15-28)20-29-33(30(32)22-41-31)35(39)36(34(29)38)26-11-5-3-6-12-26/h3-15,18-19,29-31,33,37H,2,16-17,20-22H2,1H3/b23-18+/t29-,30+,31-,33-/m1/s1. The third-order valence-electron chi connectivity index (χ3n) is 8.60. The van der Waals surface area contributed by atoms with Gasteiger partial charge in [-0.05, 0) is 78.8 Å². The van der Waals surface area contributed by atoms with Crippen LogP contribution in [0.2, 0.25) is 0 Å². The predicted octanol–water partition coefficient (Wildman–Crippen LogP) is 6.57. The summed E-state index contributed by atoms with van der Waals surface area (Å²) in [7, 11) is 0. The average Bonchev–Trinajstić information content (AvgIpc) is 3.53. The molecule has 3 aromatic rings. The predicted molar refractivity (Wildman–Crippen MR) is 158 cm³/mol. The van der Waals surface area contributed by atoms with E-state index in [0.717, 1.165) is 41.7 Å². The summed E-state index contributed by atoms with van der Waals surface area (Å²) < 4.78 is 12.6. The maximum absolute atomic E-state index is 13.8. The molecule has 6 rings (SSSR count). The highest BCUT2D eigenvalue weighted by molar-refractivity contribution is 6.22. The van der Waals surface area contributed by atoms with Gasteiger partial charge in [0.05, 0.1) is 30.2 Å².